The number of aliphatic imine (C=N–C) groups is 1. The molecule has 6 heteroatoms. The van der Waals surface area contributed by atoms with E-state index in [-0.39, 0.29) is 24.0 Å². The second kappa shape index (κ2) is 15.8. The molecule has 0 amide bonds. The van der Waals surface area contributed by atoms with Crippen molar-refractivity contribution < 1.29 is 9.47 Å². The van der Waals surface area contributed by atoms with Crippen molar-refractivity contribution in [1.29, 1.82) is 0 Å². The van der Waals surface area contributed by atoms with E-state index in [2.05, 4.69) is 22.3 Å². The van der Waals surface area contributed by atoms with Crippen LogP contribution in [-0.4, -0.2) is 64.0 Å². The van der Waals surface area contributed by atoms with Crippen LogP contribution in [0.4, 0.5) is 0 Å². The van der Waals surface area contributed by atoms with E-state index in [1.165, 1.54) is 70.6 Å². The zero-order chi connectivity index (χ0) is 18.5. The maximum absolute atomic E-state index is 6.00. The van der Waals surface area contributed by atoms with E-state index in [1.54, 1.807) is 0 Å². The van der Waals surface area contributed by atoms with Crippen LogP contribution in [-0.2, 0) is 9.47 Å². The molecule has 0 radical (unpaired) electrons. The number of hydrogen-bond acceptors (Lipinski definition) is 3. The minimum atomic E-state index is 0. The third kappa shape index (κ3) is 10.9. The van der Waals surface area contributed by atoms with Gasteiger partial charge in [-0.1, -0.05) is 19.3 Å². The first-order chi connectivity index (χ1) is 12.8. The Morgan fingerprint density at radius 3 is 2.52 bits per heavy atom. The van der Waals surface area contributed by atoms with E-state index in [0.717, 1.165) is 44.8 Å². The Morgan fingerprint density at radius 1 is 1.07 bits per heavy atom. The summed E-state index contributed by atoms with van der Waals surface area (Å²) in [6.45, 7) is 4.87. The first-order valence-corrected chi connectivity index (χ1v) is 10.9. The lowest BCUT2D eigenvalue weighted by Crippen LogP contribution is -2.40. The van der Waals surface area contributed by atoms with Crippen molar-refractivity contribution in [2.75, 3.05) is 47.0 Å². The molecule has 1 saturated heterocycles. The molecule has 1 aliphatic carbocycles. The fourth-order valence-electron chi connectivity index (χ4n) is 3.99. The van der Waals surface area contributed by atoms with Gasteiger partial charge in [-0.05, 0) is 57.3 Å². The van der Waals surface area contributed by atoms with Gasteiger partial charge in [0.05, 0.1) is 6.10 Å². The smallest absolute Gasteiger partial charge is 0.193 e. The molecule has 2 rings (SSSR count). The predicted octanol–water partition coefficient (Wildman–Crippen LogP) is 4.45. The van der Waals surface area contributed by atoms with Crippen LogP contribution < -0.4 is 5.32 Å². The van der Waals surface area contributed by atoms with Crippen molar-refractivity contribution in [3.63, 3.8) is 0 Å². The Balaban J connectivity index is 0.00000364. The lowest BCUT2D eigenvalue weighted by atomic mass is 9.96. The highest BCUT2D eigenvalue weighted by atomic mass is 127. The van der Waals surface area contributed by atoms with Crippen LogP contribution in [0.1, 0.15) is 70.6 Å². The summed E-state index contributed by atoms with van der Waals surface area (Å²) in [5, 5.41) is 3.51. The van der Waals surface area contributed by atoms with Crippen LogP contribution in [0.15, 0.2) is 4.99 Å². The van der Waals surface area contributed by atoms with Crippen molar-refractivity contribution in [2.45, 2.75) is 76.7 Å². The number of guanidine groups is 1. The molecule has 0 spiro atoms. The second-order valence-corrected chi connectivity index (χ2v) is 7.93. The third-order valence-corrected chi connectivity index (χ3v) is 5.80. The first-order valence-electron chi connectivity index (χ1n) is 10.9. The number of halogens is 1. The topological polar surface area (TPSA) is 46.1 Å². The highest BCUT2D eigenvalue weighted by Gasteiger charge is 2.15. The second-order valence-electron chi connectivity index (χ2n) is 7.93. The lowest BCUT2D eigenvalue weighted by Gasteiger charge is -2.26. The van der Waals surface area contributed by atoms with Crippen LogP contribution in [0.25, 0.3) is 0 Å². The van der Waals surface area contributed by atoms with Crippen molar-refractivity contribution in [1.82, 2.24) is 10.2 Å². The molecule has 0 atom stereocenters. The number of ether oxygens (including phenoxy) is 2. The van der Waals surface area contributed by atoms with Gasteiger partial charge < -0.3 is 19.7 Å². The summed E-state index contributed by atoms with van der Waals surface area (Å²) in [6, 6.07) is 0. The molecule has 1 aliphatic heterocycles. The zero-order valence-electron chi connectivity index (χ0n) is 17.6. The summed E-state index contributed by atoms with van der Waals surface area (Å²) in [5.74, 6) is 1.84. The molecule has 1 heterocycles. The van der Waals surface area contributed by atoms with Crippen LogP contribution in [0.5, 0.6) is 0 Å². The number of nitrogens with one attached hydrogen (secondary N) is 1. The molecule has 0 aromatic rings. The summed E-state index contributed by atoms with van der Waals surface area (Å²) in [6.07, 6.45) is 14.5. The van der Waals surface area contributed by atoms with Crippen molar-refractivity contribution >= 4 is 29.9 Å². The van der Waals surface area contributed by atoms with Crippen LogP contribution in [0.2, 0.25) is 0 Å². The molecule has 1 saturated carbocycles. The fourth-order valence-corrected chi connectivity index (χ4v) is 3.99. The van der Waals surface area contributed by atoms with Gasteiger partial charge in [-0.15, -0.1) is 24.0 Å². The maximum atomic E-state index is 6.00. The van der Waals surface area contributed by atoms with Crippen molar-refractivity contribution in [3.8, 4) is 0 Å². The maximum Gasteiger partial charge on any atom is 0.193 e. The number of unbranched alkanes of at least 4 members (excludes halogenated alkanes) is 2. The minimum Gasteiger partial charge on any atom is -0.381 e. The highest BCUT2D eigenvalue weighted by Crippen LogP contribution is 2.20. The summed E-state index contributed by atoms with van der Waals surface area (Å²) in [7, 11) is 4.03. The molecule has 27 heavy (non-hydrogen) atoms. The van der Waals surface area contributed by atoms with E-state index >= 15 is 0 Å². The molecule has 160 valence electrons. The number of nitrogens with zero attached hydrogens (tertiary/aromatic N) is 2. The van der Waals surface area contributed by atoms with Gasteiger partial charge in [0.15, 0.2) is 5.96 Å². The summed E-state index contributed by atoms with van der Waals surface area (Å²) >= 11 is 0. The summed E-state index contributed by atoms with van der Waals surface area (Å²) in [5.41, 5.74) is 0. The molecule has 2 aliphatic rings. The molecule has 0 aromatic heterocycles. The van der Waals surface area contributed by atoms with Gasteiger partial charge in [-0.2, -0.15) is 0 Å². The molecule has 1 N–H and O–H groups in total. The standard InChI is InChI=1S/C21H41N3O2.HI/c1-22-21(24(2)15-11-19-12-17-25-18-13-19)23-14-7-4-8-16-26-20-9-5-3-6-10-20;/h19-20H,3-18H2,1-2H3,(H,22,23);1H. The van der Waals surface area contributed by atoms with Gasteiger partial charge in [-0.3, -0.25) is 4.99 Å². The largest absolute Gasteiger partial charge is 0.381 e. The first kappa shape index (κ1) is 25.0. The van der Waals surface area contributed by atoms with Crippen molar-refractivity contribution in [3.05, 3.63) is 0 Å². The molecule has 5 nitrogen and oxygen atoms in total. The van der Waals surface area contributed by atoms with Crippen molar-refractivity contribution in [2.24, 2.45) is 10.9 Å². The van der Waals surface area contributed by atoms with Crippen LogP contribution in [0, 0.1) is 5.92 Å². The van der Waals surface area contributed by atoms with Gasteiger partial charge >= 0.3 is 0 Å². The van der Waals surface area contributed by atoms with E-state index in [1.807, 2.05) is 7.05 Å². The summed E-state index contributed by atoms with van der Waals surface area (Å²) < 4.78 is 11.4. The number of hydrogen-bond donors (Lipinski definition) is 1. The Kier molecular flexibility index (Phi) is 14.6. The predicted molar refractivity (Wildman–Crippen MR) is 124 cm³/mol. The molecule has 0 bridgehead atoms. The monoisotopic (exact) mass is 495 g/mol. The average molecular weight is 495 g/mol. The average Bonchev–Trinajstić information content (AvgIpc) is 2.70. The van der Waals surface area contributed by atoms with Gasteiger partial charge in [0, 0.05) is 47.0 Å². The minimum absolute atomic E-state index is 0. The van der Waals surface area contributed by atoms with E-state index < -0.39 is 0 Å². The zero-order valence-corrected chi connectivity index (χ0v) is 19.9. The SMILES string of the molecule is CN=C(NCCCCCOC1CCCCC1)N(C)CCC1CCOCC1.I. The Bertz CT molecular complexity index is 384. The van der Waals surface area contributed by atoms with Gasteiger partial charge in [0.25, 0.3) is 0 Å². The molecule has 0 unspecified atom stereocenters. The van der Waals surface area contributed by atoms with E-state index in [0.29, 0.717) is 6.10 Å². The Morgan fingerprint density at radius 2 is 1.81 bits per heavy atom. The van der Waals surface area contributed by atoms with Crippen LogP contribution in [0.3, 0.4) is 0 Å². The lowest BCUT2D eigenvalue weighted by molar-refractivity contribution is 0.0264. The summed E-state index contributed by atoms with van der Waals surface area (Å²) in [4.78, 5) is 6.69. The Labute approximate surface area is 184 Å². The van der Waals surface area contributed by atoms with Crippen LogP contribution >= 0.6 is 24.0 Å². The van der Waals surface area contributed by atoms with E-state index in [9.17, 15) is 0 Å². The fraction of sp³-hybridized carbons (Fsp3) is 0.952. The highest BCUT2D eigenvalue weighted by molar-refractivity contribution is 14.0. The number of rotatable bonds is 10. The Hall–Kier alpha value is -0.0800. The normalized spacial score (nSPS) is 19.6. The molecule has 0 aromatic carbocycles. The van der Waals surface area contributed by atoms with E-state index in [4.69, 9.17) is 9.47 Å². The van der Waals surface area contributed by atoms with Gasteiger partial charge in [0.2, 0.25) is 0 Å². The molecular weight excluding hydrogens is 453 g/mol. The molecule has 2 fully saturated rings. The van der Waals surface area contributed by atoms with Gasteiger partial charge in [-0.25, -0.2) is 0 Å². The third-order valence-electron chi connectivity index (χ3n) is 5.80. The molecular formula is C21H42IN3O2. The quantitative estimate of drug-likeness (QED) is 0.211. The van der Waals surface area contributed by atoms with Gasteiger partial charge in [0.1, 0.15) is 0 Å².